The Hall–Kier alpha value is -3.89. The number of carbonyl (C=O) groups is 1. The molecule has 0 aromatic heterocycles. The summed E-state index contributed by atoms with van der Waals surface area (Å²) in [5.41, 5.74) is 4.01. The maximum absolute atomic E-state index is 12.8. The maximum Gasteiger partial charge on any atom is 0.256 e. The molecule has 1 N–H and O–H groups in total. The molecule has 0 aliphatic rings. The molecule has 0 unspecified atom stereocenters. The fourth-order valence-corrected chi connectivity index (χ4v) is 2.73. The number of hydrogen-bond donors (Lipinski definition) is 1. The molecule has 0 bridgehead atoms. The minimum absolute atomic E-state index is 0.249. The van der Waals surface area contributed by atoms with Gasteiger partial charge >= 0.3 is 0 Å². The molecule has 0 radical (unpaired) electrons. The molecule has 0 fully saturated rings. The predicted molar refractivity (Wildman–Crippen MR) is 100 cm³/mol. The zero-order chi connectivity index (χ0) is 18.4. The van der Waals surface area contributed by atoms with Crippen molar-refractivity contribution in [3.05, 3.63) is 89.5 Å². The van der Waals surface area contributed by atoms with Gasteiger partial charge in [-0.1, -0.05) is 48.5 Å². The first kappa shape index (κ1) is 17.0. The van der Waals surface area contributed by atoms with Crippen LogP contribution in [-0.2, 0) is 6.42 Å². The minimum atomic E-state index is -0.249. The number of hydrogen-bond acceptors (Lipinski definition) is 3. The van der Waals surface area contributed by atoms with Crippen molar-refractivity contribution >= 4 is 11.6 Å². The van der Waals surface area contributed by atoms with E-state index >= 15 is 0 Å². The van der Waals surface area contributed by atoms with Gasteiger partial charge in [0.2, 0.25) is 0 Å². The van der Waals surface area contributed by atoms with Gasteiger partial charge in [-0.15, -0.1) is 0 Å². The average molecular weight is 337 g/mol. The number of carbonyl (C=O) groups excluding carboxylic acids is 1. The second-order valence-electron chi connectivity index (χ2n) is 5.69. The lowest BCUT2D eigenvalue weighted by molar-refractivity contribution is 0.102. The molecule has 26 heavy (non-hydrogen) atoms. The lowest BCUT2D eigenvalue weighted by Gasteiger charge is -2.11. The Morgan fingerprint density at radius 2 is 1.50 bits per heavy atom. The zero-order valence-corrected chi connectivity index (χ0v) is 13.9. The molecule has 0 aliphatic heterocycles. The SMILES string of the molecule is N#CCc1ccc(NC(=O)c2ccccc2-c2ccccc2C#N)cc1. The number of amides is 1. The van der Waals surface area contributed by atoms with Crippen LogP contribution in [0.5, 0.6) is 0 Å². The second-order valence-corrected chi connectivity index (χ2v) is 5.69. The van der Waals surface area contributed by atoms with Crippen LogP contribution in [0.15, 0.2) is 72.8 Å². The third kappa shape index (κ3) is 3.61. The highest BCUT2D eigenvalue weighted by Gasteiger charge is 2.14. The van der Waals surface area contributed by atoms with Crippen LogP contribution in [0.25, 0.3) is 11.1 Å². The molecule has 3 aromatic rings. The van der Waals surface area contributed by atoms with E-state index in [-0.39, 0.29) is 5.91 Å². The third-order valence-electron chi connectivity index (χ3n) is 4.00. The van der Waals surface area contributed by atoms with Crippen molar-refractivity contribution in [2.75, 3.05) is 5.32 Å². The summed E-state index contributed by atoms with van der Waals surface area (Å²) in [5.74, 6) is -0.249. The summed E-state index contributed by atoms with van der Waals surface area (Å²) in [5, 5.41) is 20.9. The van der Waals surface area contributed by atoms with Crippen molar-refractivity contribution in [3.8, 4) is 23.3 Å². The van der Waals surface area contributed by atoms with Crippen molar-refractivity contribution in [3.63, 3.8) is 0 Å². The molecule has 3 rings (SSSR count). The first-order valence-corrected chi connectivity index (χ1v) is 8.08. The number of anilines is 1. The van der Waals surface area contributed by atoms with Crippen LogP contribution in [0.2, 0.25) is 0 Å². The van der Waals surface area contributed by atoms with Crippen molar-refractivity contribution in [1.82, 2.24) is 0 Å². The van der Waals surface area contributed by atoms with Crippen LogP contribution >= 0.6 is 0 Å². The lowest BCUT2D eigenvalue weighted by atomic mass is 9.95. The summed E-state index contributed by atoms with van der Waals surface area (Å²) in [4.78, 5) is 12.8. The van der Waals surface area contributed by atoms with Gasteiger partial charge in [0.1, 0.15) is 0 Å². The number of nitrogens with one attached hydrogen (secondary N) is 1. The van der Waals surface area contributed by atoms with Crippen LogP contribution in [0.3, 0.4) is 0 Å². The molecule has 4 nitrogen and oxygen atoms in total. The smallest absolute Gasteiger partial charge is 0.256 e. The standard InChI is InChI=1S/C22H15N3O/c23-14-13-16-9-11-18(12-10-16)25-22(26)21-8-4-3-7-20(21)19-6-2-1-5-17(19)15-24/h1-12H,13H2,(H,25,26). The monoisotopic (exact) mass is 337 g/mol. The van der Waals surface area contributed by atoms with E-state index in [0.717, 1.165) is 11.1 Å². The summed E-state index contributed by atoms with van der Waals surface area (Å²) in [6.07, 6.45) is 0.335. The molecule has 3 aromatic carbocycles. The van der Waals surface area contributed by atoms with Crippen molar-refractivity contribution in [1.29, 1.82) is 10.5 Å². The average Bonchev–Trinajstić information content (AvgIpc) is 2.69. The Bertz CT molecular complexity index is 1020. The first-order chi connectivity index (χ1) is 12.7. The van der Waals surface area contributed by atoms with E-state index in [0.29, 0.717) is 28.8 Å². The molecule has 0 heterocycles. The molecular weight excluding hydrogens is 322 g/mol. The maximum atomic E-state index is 12.8. The van der Waals surface area contributed by atoms with E-state index < -0.39 is 0 Å². The quantitative estimate of drug-likeness (QED) is 0.759. The predicted octanol–water partition coefficient (Wildman–Crippen LogP) is 4.54. The number of benzene rings is 3. The summed E-state index contributed by atoms with van der Waals surface area (Å²) >= 11 is 0. The topological polar surface area (TPSA) is 76.7 Å². The van der Waals surface area contributed by atoms with Crippen LogP contribution in [0.1, 0.15) is 21.5 Å². The Labute approximate surface area is 152 Å². The van der Waals surface area contributed by atoms with Gasteiger partial charge in [-0.05, 0) is 35.4 Å². The third-order valence-corrected chi connectivity index (χ3v) is 4.00. The van der Waals surface area contributed by atoms with Gasteiger partial charge in [-0.3, -0.25) is 4.79 Å². The highest BCUT2D eigenvalue weighted by molar-refractivity contribution is 6.09. The Morgan fingerprint density at radius 3 is 2.19 bits per heavy atom. The molecule has 0 atom stereocenters. The first-order valence-electron chi connectivity index (χ1n) is 8.08. The van der Waals surface area contributed by atoms with Gasteiger partial charge in [-0.25, -0.2) is 0 Å². The van der Waals surface area contributed by atoms with Crippen molar-refractivity contribution in [2.24, 2.45) is 0 Å². The fourth-order valence-electron chi connectivity index (χ4n) is 2.73. The van der Waals surface area contributed by atoms with E-state index in [2.05, 4.69) is 17.5 Å². The number of nitriles is 2. The Kier molecular flexibility index (Phi) is 5.08. The largest absolute Gasteiger partial charge is 0.322 e. The van der Waals surface area contributed by atoms with Crippen LogP contribution in [-0.4, -0.2) is 5.91 Å². The van der Waals surface area contributed by atoms with Crippen LogP contribution in [0, 0.1) is 22.7 Å². The highest BCUT2D eigenvalue weighted by atomic mass is 16.1. The van der Waals surface area contributed by atoms with E-state index in [4.69, 9.17) is 5.26 Å². The van der Waals surface area contributed by atoms with E-state index in [1.54, 1.807) is 36.4 Å². The number of rotatable bonds is 4. The fraction of sp³-hybridized carbons (Fsp3) is 0.0455. The Balaban J connectivity index is 1.91. The van der Waals surface area contributed by atoms with Crippen molar-refractivity contribution in [2.45, 2.75) is 6.42 Å². The van der Waals surface area contributed by atoms with E-state index in [1.807, 2.05) is 36.4 Å². The molecule has 0 saturated carbocycles. The number of nitrogens with zero attached hydrogens (tertiary/aromatic N) is 2. The van der Waals surface area contributed by atoms with Gasteiger partial charge in [0, 0.05) is 16.8 Å². The van der Waals surface area contributed by atoms with Gasteiger partial charge < -0.3 is 5.32 Å². The van der Waals surface area contributed by atoms with E-state index in [9.17, 15) is 10.1 Å². The molecule has 0 saturated heterocycles. The van der Waals surface area contributed by atoms with Gasteiger partial charge in [0.15, 0.2) is 0 Å². The summed E-state index contributed by atoms with van der Waals surface area (Å²) < 4.78 is 0. The highest BCUT2D eigenvalue weighted by Crippen LogP contribution is 2.27. The molecule has 124 valence electrons. The second kappa shape index (κ2) is 7.79. The molecular formula is C22H15N3O. The Morgan fingerprint density at radius 1 is 0.846 bits per heavy atom. The zero-order valence-electron chi connectivity index (χ0n) is 13.9. The van der Waals surface area contributed by atoms with Gasteiger partial charge in [0.05, 0.1) is 24.1 Å². The van der Waals surface area contributed by atoms with Gasteiger partial charge in [-0.2, -0.15) is 10.5 Å². The van der Waals surface area contributed by atoms with Gasteiger partial charge in [0.25, 0.3) is 5.91 Å². The minimum Gasteiger partial charge on any atom is -0.322 e. The van der Waals surface area contributed by atoms with Crippen LogP contribution < -0.4 is 5.32 Å². The summed E-state index contributed by atoms with van der Waals surface area (Å²) in [6.45, 7) is 0. The van der Waals surface area contributed by atoms with Crippen molar-refractivity contribution < 1.29 is 4.79 Å². The molecule has 0 spiro atoms. The van der Waals surface area contributed by atoms with Crippen LogP contribution in [0.4, 0.5) is 5.69 Å². The molecule has 1 amide bonds. The molecule has 4 heteroatoms. The molecule has 0 aliphatic carbocycles. The lowest BCUT2D eigenvalue weighted by Crippen LogP contribution is -2.13. The summed E-state index contributed by atoms with van der Waals surface area (Å²) in [6, 6.07) is 25.9. The summed E-state index contributed by atoms with van der Waals surface area (Å²) in [7, 11) is 0. The normalized spacial score (nSPS) is 9.77. The van der Waals surface area contributed by atoms with E-state index in [1.165, 1.54) is 0 Å².